The zero-order valence-corrected chi connectivity index (χ0v) is 17.0. The Hall–Kier alpha value is -1.77. The van der Waals surface area contributed by atoms with E-state index in [1.54, 1.807) is 40.0 Å². The highest BCUT2D eigenvalue weighted by atomic mass is 32.2. The van der Waals surface area contributed by atoms with E-state index in [0.29, 0.717) is 48.5 Å². The lowest BCUT2D eigenvalue weighted by atomic mass is 10.1. The largest absolute Gasteiger partial charge is 0.507 e. The molecule has 1 heterocycles. The smallest absolute Gasteiger partial charge is 0.334 e. The molecular weight excluding hydrogens is 370 g/mol. The number of carbonyl (C=O) groups is 1. The number of rotatable bonds is 10. The van der Waals surface area contributed by atoms with Crippen LogP contribution in [-0.2, 0) is 19.0 Å². The summed E-state index contributed by atoms with van der Waals surface area (Å²) in [5, 5.41) is 11.0. The number of carbonyl (C=O) groups excluding carboxylic acids is 1. The van der Waals surface area contributed by atoms with Crippen LogP contribution in [0.5, 0.6) is 11.5 Å². The van der Waals surface area contributed by atoms with Crippen LogP contribution in [0.4, 0.5) is 0 Å². The number of benzene rings is 1. The first-order valence-electron chi connectivity index (χ1n) is 8.82. The van der Waals surface area contributed by atoms with Crippen molar-refractivity contribution in [3.8, 4) is 11.5 Å². The number of phenols is 1. The van der Waals surface area contributed by atoms with E-state index in [1.807, 2.05) is 0 Å². The molecule has 1 aliphatic rings. The molecule has 0 radical (unpaired) electrons. The maximum absolute atomic E-state index is 12.3. The standard InChI is InChI=1S/C19H27NO6S/c1-13(2)26-18(22)19(3)12-27-17(20-19)15-6-5-14(11-16(15)21)25-10-9-24-8-7-23-4/h5-6,11,13,21H,7-10,12H2,1-4H3/t19-/m1/s1. The predicted octanol–water partition coefficient (Wildman–Crippen LogP) is 2.64. The topological polar surface area (TPSA) is 86.6 Å². The molecule has 0 unspecified atom stereocenters. The quantitative estimate of drug-likeness (QED) is 0.480. The molecule has 0 saturated carbocycles. The van der Waals surface area contributed by atoms with E-state index in [-0.39, 0.29) is 17.8 Å². The van der Waals surface area contributed by atoms with Crippen molar-refractivity contribution in [2.24, 2.45) is 4.99 Å². The highest BCUT2D eigenvalue weighted by molar-refractivity contribution is 8.14. The molecule has 1 aliphatic heterocycles. The van der Waals surface area contributed by atoms with Crippen molar-refractivity contribution < 1.29 is 28.8 Å². The second-order valence-corrected chi connectivity index (χ2v) is 7.53. The second-order valence-electron chi connectivity index (χ2n) is 6.57. The van der Waals surface area contributed by atoms with Crippen LogP contribution in [0.15, 0.2) is 23.2 Å². The Balaban J connectivity index is 1.97. The molecule has 0 spiro atoms. The van der Waals surface area contributed by atoms with Crippen LogP contribution >= 0.6 is 11.8 Å². The summed E-state index contributed by atoms with van der Waals surface area (Å²) in [6.45, 7) is 7.22. The van der Waals surface area contributed by atoms with Crippen molar-refractivity contribution in [3.05, 3.63) is 23.8 Å². The molecule has 1 N–H and O–H groups in total. The summed E-state index contributed by atoms with van der Waals surface area (Å²) >= 11 is 1.42. The normalized spacial score (nSPS) is 19.2. The number of esters is 1. The molecular formula is C19H27NO6S. The molecule has 1 aromatic rings. The Morgan fingerprint density at radius 3 is 2.70 bits per heavy atom. The Labute approximate surface area is 164 Å². The van der Waals surface area contributed by atoms with Crippen LogP contribution in [0.2, 0.25) is 0 Å². The lowest BCUT2D eigenvalue weighted by Gasteiger charge is -2.19. The summed E-state index contributed by atoms with van der Waals surface area (Å²) < 4.78 is 21.1. The average molecular weight is 397 g/mol. The first-order valence-corrected chi connectivity index (χ1v) is 9.81. The van der Waals surface area contributed by atoms with Gasteiger partial charge in [-0.25, -0.2) is 4.79 Å². The Morgan fingerprint density at radius 2 is 2.04 bits per heavy atom. The minimum atomic E-state index is -0.939. The van der Waals surface area contributed by atoms with E-state index in [1.165, 1.54) is 17.8 Å². The molecule has 0 fully saturated rings. The molecule has 0 saturated heterocycles. The van der Waals surface area contributed by atoms with Gasteiger partial charge in [-0.05, 0) is 32.9 Å². The van der Waals surface area contributed by atoms with Crippen molar-refractivity contribution in [2.45, 2.75) is 32.4 Å². The Morgan fingerprint density at radius 1 is 1.30 bits per heavy atom. The number of methoxy groups -OCH3 is 1. The molecule has 150 valence electrons. The summed E-state index contributed by atoms with van der Waals surface area (Å²) in [6.07, 6.45) is -0.193. The summed E-state index contributed by atoms with van der Waals surface area (Å²) in [5.41, 5.74) is -0.365. The molecule has 27 heavy (non-hydrogen) atoms. The van der Waals surface area contributed by atoms with E-state index in [9.17, 15) is 9.90 Å². The van der Waals surface area contributed by atoms with Gasteiger partial charge in [0.1, 0.15) is 23.1 Å². The Bertz CT molecular complexity index is 678. The van der Waals surface area contributed by atoms with Gasteiger partial charge < -0.3 is 24.1 Å². The zero-order valence-electron chi connectivity index (χ0n) is 16.2. The van der Waals surface area contributed by atoms with Crippen LogP contribution in [0.1, 0.15) is 26.3 Å². The van der Waals surface area contributed by atoms with Crippen LogP contribution in [-0.4, -0.2) is 67.1 Å². The molecule has 0 bridgehead atoms. The van der Waals surface area contributed by atoms with E-state index >= 15 is 0 Å². The second kappa shape index (κ2) is 9.96. The van der Waals surface area contributed by atoms with Gasteiger partial charge >= 0.3 is 5.97 Å². The third-order valence-electron chi connectivity index (χ3n) is 3.75. The molecule has 1 aromatic carbocycles. The fourth-order valence-corrected chi connectivity index (χ4v) is 3.52. The summed E-state index contributed by atoms with van der Waals surface area (Å²) in [7, 11) is 1.62. The third kappa shape index (κ3) is 6.12. The minimum absolute atomic E-state index is 0.0560. The molecule has 0 aromatic heterocycles. The van der Waals surface area contributed by atoms with Gasteiger partial charge in [-0.1, -0.05) is 0 Å². The maximum Gasteiger partial charge on any atom is 0.334 e. The van der Waals surface area contributed by atoms with Gasteiger partial charge in [0.15, 0.2) is 5.54 Å². The lowest BCUT2D eigenvalue weighted by molar-refractivity contribution is -0.152. The molecule has 0 aliphatic carbocycles. The van der Waals surface area contributed by atoms with E-state index < -0.39 is 5.54 Å². The summed E-state index contributed by atoms with van der Waals surface area (Å²) in [6, 6.07) is 5.03. The average Bonchev–Trinajstić information content (AvgIpc) is 3.01. The minimum Gasteiger partial charge on any atom is -0.507 e. The van der Waals surface area contributed by atoms with Gasteiger partial charge in [-0.3, -0.25) is 4.99 Å². The monoisotopic (exact) mass is 397 g/mol. The van der Waals surface area contributed by atoms with Gasteiger partial charge in [-0.2, -0.15) is 0 Å². The van der Waals surface area contributed by atoms with Crippen LogP contribution in [0, 0.1) is 0 Å². The van der Waals surface area contributed by atoms with E-state index in [4.69, 9.17) is 18.9 Å². The van der Waals surface area contributed by atoms with Gasteiger partial charge in [0, 0.05) is 24.5 Å². The van der Waals surface area contributed by atoms with Crippen LogP contribution < -0.4 is 4.74 Å². The van der Waals surface area contributed by atoms with Crippen molar-refractivity contribution in [3.63, 3.8) is 0 Å². The van der Waals surface area contributed by atoms with Crippen molar-refractivity contribution in [1.29, 1.82) is 0 Å². The molecule has 1 atom stereocenters. The predicted molar refractivity (Wildman–Crippen MR) is 105 cm³/mol. The highest BCUT2D eigenvalue weighted by Crippen LogP contribution is 2.36. The Kier molecular flexibility index (Phi) is 7.94. The van der Waals surface area contributed by atoms with Crippen molar-refractivity contribution in [1.82, 2.24) is 0 Å². The molecule has 8 heteroatoms. The first kappa shape index (κ1) is 21.5. The number of thioether (sulfide) groups is 1. The van der Waals surface area contributed by atoms with Gasteiger partial charge in [0.2, 0.25) is 0 Å². The number of ether oxygens (including phenoxy) is 4. The van der Waals surface area contributed by atoms with E-state index in [0.717, 1.165) is 0 Å². The molecule has 7 nitrogen and oxygen atoms in total. The maximum atomic E-state index is 12.3. The number of phenolic OH excluding ortho intramolecular Hbond substituents is 1. The van der Waals surface area contributed by atoms with Gasteiger partial charge in [0.05, 0.1) is 25.9 Å². The van der Waals surface area contributed by atoms with Crippen LogP contribution in [0.25, 0.3) is 0 Å². The first-order chi connectivity index (χ1) is 12.9. The summed E-state index contributed by atoms with van der Waals surface area (Å²) in [5.74, 6) is 0.718. The fourth-order valence-electron chi connectivity index (χ4n) is 2.33. The number of aromatic hydroxyl groups is 1. The zero-order chi connectivity index (χ0) is 19.9. The summed E-state index contributed by atoms with van der Waals surface area (Å²) in [4.78, 5) is 16.8. The fraction of sp³-hybridized carbons (Fsp3) is 0.579. The SMILES string of the molecule is COCCOCCOc1ccc(C2=N[C@@](C)(C(=O)OC(C)C)CS2)c(O)c1. The van der Waals surface area contributed by atoms with Crippen molar-refractivity contribution in [2.75, 3.05) is 39.3 Å². The number of aliphatic imine (C=N–C) groups is 1. The van der Waals surface area contributed by atoms with Crippen molar-refractivity contribution >= 4 is 22.8 Å². The third-order valence-corrected chi connectivity index (χ3v) is 5.04. The van der Waals surface area contributed by atoms with Crippen LogP contribution in [0.3, 0.4) is 0 Å². The molecule has 2 rings (SSSR count). The van der Waals surface area contributed by atoms with Gasteiger partial charge in [-0.15, -0.1) is 11.8 Å². The molecule has 0 amide bonds. The number of hydrogen-bond donors (Lipinski definition) is 1. The van der Waals surface area contributed by atoms with E-state index in [2.05, 4.69) is 4.99 Å². The number of nitrogens with zero attached hydrogens (tertiary/aromatic N) is 1. The number of hydrogen-bond acceptors (Lipinski definition) is 8. The van der Waals surface area contributed by atoms with Gasteiger partial charge in [0.25, 0.3) is 0 Å². The lowest BCUT2D eigenvalue weighted by Crippen LogP contribution is -2.37. The highest BCUT2D eigenvalue weighted by Gasteiger charge is 2.40.